The summed E-state index contributed by atoms with van der Waals surface area (Å²) in [5, 5.41) is 9.18. The summed E-state index contributed by atoms with van der Waals surface area (Å²) < 4.78 is 5.58. The molecule has 0 aliphatic carbocycles. The summed E-state index contributed by atoms with van der Waals surface area (Å²) in [4.78, 5) is 25.6. The van der Waals surface area contributed by atoms with E-state index in [-0.39, 0.29) is 30.5 Å². The van der Waals surface area contributed by atoms with Gasteiger partial charge in [-0.05, 0) is 36.1 Å². The summed E-state index contributed by atoms with van der Waals surface area (Å²) in [6, 6.07) is 26.7. The number of carbonyl (C=O) groups excluding carboxylic acids is 2. The molecule has 0 spiro atoms. The molecule has 1 fully saturated rings. The highest BCUT2D eigenvalue weighted by molar-refractivity contribution is 6.00. The third-order valence-electron chi connectivity index (χ3n) is 5.70. The van der Waals surface area contributed by atoms with Crippen LogP contribution in [0.3, 0.4) is 0 Å². The van der Waals surface area contributed by atoms with Crippen molar-refractivity contribution in [3.8, 4) is 0 Å². The van der Waals surface area contributed by atoms with Crippen LogP contribution < -0.4 is 16.0 Å². The first-order valence-electron chi connectivity index (χ1n) is 11.3. The maximum atomic E-state index is 12.9. The van der Waals surface area contributed by atoms with E-state index in [4.69, 9.17) is 4.74 Å². The van der Waals surface area contributed by atoms with Gasteiger partial charge in [-0.1, -0.05) is 72.8 Å². The normalized spacial score (nSPS) is 15.2. The fourth-order valence-electron chi connectivity index (χ4n) is 3.98. The van der Waals surface area contributed by atoms with E-state index in [0.717, 1.165) is 30.6 Å². The summed E-state index contributed by atoms with van der Waals surface area (Å²) in [5.74, 6) is -0.345. The number of hydrogen-bond donors (Lipinski definition) is 3. The van der Waals surface area contributed by atoms with Crippen LogP contribution in [0, 0.1) is 0 Å². The lowest BCUT2D eigenvalue weighted by Crippen LogP contribution is -2.35. The van der Waals surface area contributed by atoms with Gasteiger partial charge in [-0.25, -0.2) is 0 Å². The highest BCUT2D eigenvalue weighted by Crippen LogP contribution is 2.22. The molecule has 0 radical (unpaired) electrons. The predicted molar refractivity (Wildman–Crippen MR) is 129 cm³/mol. The standard InChI is InChI=1S/C27H29N3O3/c31-25(30-26(20-10-3-1-4-11-20)21-12-5-2-6-13-21)19-28-24-16-8-7-15-23(24)27(32)29-18-22-14-9-17-33-22/h1-8,10-13,15-16,22,26,28H,9,14,17-19H2,(H,29,32)(H,30,31). The fourth-order valence-corrected chi connectivity index (χ4v) is 3.98. The van der Waals surface area contributed by atoms with Crippen molar-refractivity contribution < 1.29 is 14.3 Å². The van der Waals surface area contributed by atoms with Gasteiger partial charge in [-0.3, -0.25) is 9.59 Å². The summed E-state index contributed by atoms with van der Waals surface area (Å²) in [6.45, 7) is 1.29. The zero-order chi connectivity index (χ0) is 22.9. The van der Waals surface area contributed by atoms with Crippen molar-refractivity contribution in [1.29, 1.82) is 0 Å². The first kappa shape index (κ1) is 22.6. The molecule has 0 bridgehead atoms. The van der Waals surface area contributed by atoms with E-state index in [2.05, 4.69) is 16.0 Å². The van der Waals surface area contributed by atoms with Crippen molar-refractivity contribution in [1.82, 2.24) is 10.6 Å². The van der Waals surface area contributed by atoms with E-state index in [9.17, 15) is 9.59 Å². The number of benzene rings is 3. The third-order valence-corrected chi connectivity index (χ3v) is 5.70. The number of anilines is 1. The van der Waals surface area contributed by atoms with Gasteiger partial charge in [0.2, 0.25) is 5.91 Å². The Labute approximate surface area is 194 Å². The average molecular weight is 444 g/mol. The Morgan fingerprint density at radius 1 is 0.879 bits per heavy atom. The van der Waals surface area contributed by atoms with Crippen molar-refractivity contribution >= 4 is 17.5 Å². The molecule has 1 saturated heterocycles. The van der Waals surface area contributed by atoms with Crippen LogP contribution in [0.15, 0.2) is 84.9 Å². The van der Waals surface area contributed by atoms with Gasteiger partial charge in [-0.2, -0.15) is 0 Å². The molecular formula is C27H29N3O3. The number of rotatable bonds is 9. The molecule has 3 aromatic carbocycles. The van der Waals surface area contributed by atoms with Crippen molar-refractivity contribution in [3.05, 3.63) is 102 Å². The maximum Gasteiger partial charge on any atom is 0.253 e. The van der Waals surface area contributed by atoms with Gasteiger partial charge in [-0.15, -0.1) is 0 Å². The van der Waals surface area contributed by atoms with Crippen LogP contribution in [0.1, 0.15) is 40.4 Å². The van der Waals surface area contributed by atoms with Crippen LogP contribution in [0.25, 0.3) is 0 Å². The van der Waals surface area contributed by atoms with Crippen LogP contribution in [-0.2, 0) is 9.53 Å². The maximum absolute atomic E-state index is 12.9. The molecule has 3 aromatic rings. The molecule has 170 valence electrons. The van der Waals surface area contributed by atoms with E-state index < -0.39 is 0 Å². The summed E-state index contributed by atoms with van der Waals surface area (Å²) in [7, 11) is 0. The van der Waals surface area contributed by atoms with Gasteiger partial charge in [0.15, 0.2) is 0 Å². The first-order valence-corrected chi connectivity index (χ1v) is 11.3. The summed E-state index contributed by atoms with van der Waals surface area (Å²) in [5.41, 5.74) is 3.14. The number of amides is 2. The van der Waals surface area contributed by atoms with Crippen molar-refractivity contribution in [2.24, 2.45) is 0 Å². The van der Waals surface area contributed by atoms with Gasteiger partial charge >= 0.3 is 0 Å². The zero-order valence-corrected chi connectivity index (χ0v) is 18.5. The van der Waals surface area contributed by atoms with Gasteiger partial charge in [0.1, 0.15) is 0 Å². The molecule has 1 heterocycles. The molecule has 4 rings (SSSR count). The van der Waals surface area contributed by atoms with Crippen molar-refractivity contribution in [2.75, 3.05) is 25.0 Å². The molecule has 0 aromatic heterocycles. The van der Waals surface area contributed by atoms with Crippen LogP contribution in [0.4, 0.5) is 5.69 Å². The fraction of sp³-hybridized carbons (Fsp3) is 0.259. The van der Waals surface area contributed by atoms with Gasteiger partial charge in [0.05, 0.1) is 24.3 Å². The Morgan fingerprint density at radius 3 is 2.15 bits per heavy atom. The topological polar surface area (TPSA) is 79.5 Å². The van der Waals surface area contributed by atoms with Crippen LogP contribution in [-0.4, -0.2) is 37.6 Å². The number of carbonyl (C=O) groups is 2. The molecule has 3 N–H and O–H groups in total. The molecule has 1 unspecified atom stereocenters. The minimum absolute atomic E-state index is 0.0478. The molecule has 6 nitrogen and oxygen atoms in total. The van der Waals surface area contributed by atoms with Crippen LogP contribution in [0.5, 0.6) is 0 Å². The van der Waals surface area contributed by atoms with E-state index in [1.54, 1.807) is 12.1 Å². The zero-order valence-electron chi connectivity index (χ0n) is 18.5. The number of ether oxygens (including phenoxy) is 1. The molecule has 1 aliphatic rings. The van der Waals surface area contributed by atoms with E-state index in [0.29, 0.717) is 17.8 Å². The largest absolute Gasteiger partial charge is 0.376 e. The van der Waals surface area contributed by atoms with E-state index in [1.165, 1.54) is 0 Å². The molecule has 2 amide bonds. The monoisotopic (exact) mass is 443 g/mol. The number of nitrogens with one attached hydrogen (secondary N) is 3. The Hall–Kier alpha value is -3.64. The van der Waals surface area contributed by atoms with Crippen LogP contribution >= 0.6 is 0 Å². The number of para-hydroxylation sites is 1. The Balaban J connectivity index is 1.39. The summed E-state index contributed by atoms with van der Waals surface area (Å²) in [6.07, 6.45) is 2.07. The Morgan fingerprint density at radius 2 is 1.52 bits per heavy atom. The second-order valence-corrected chi connectivity index (χ2v) is 8.07. The Bertz CT molecular complexity index is 1010. The van der Waals surface area contributed by atoms with E-state index >= 15 is 0 Å². The third kappa shape index (κ3) is 6.20. The number of hydrogen-bond acceptors (Lipinski definition) is 4. The predicted octanol–water partition coefficient (Wildman–Crippen LogP) is 3.91. The summed E-state index contributed by atoms with van der Waals surface area (Å²) >= 11 is 0. The average Bonchev–Trinajstić information content (AvgIpc) is 3.39. The van der Waals surface area contributed by atoms with Gasteiger partial charge in [0.25, 0.3) is 5.91 Å². The molecule has 33 heavy (non-hydrogen) atoms. The lowest BCUT2D eigenvalue weighted by molar-refractivity contribution is -0.119. The van der Waals surface area contributed by atoms with E-state index in [1.807, 2.05) is 72.8 Å². The van der Waals surface area contributed by atoms with Crippen LogP contribution in [0.2, 0.25) is 0 Å². The van der Waals surface area contributed by atoms with Crippen molar-refractivity contribution in [3.63, 3.8) is 0 Å². The van der Waals surface area contributed by atoms with Gasteiger partial charge in [0, 0.05) is 18.8 Å². The molecule has 0 saturated carbocycles. The Kier molecular flexibility index (Phi) is 7.72. The minimum Gasteiger partial charge on any atom is -0.376 e. The molecule has 1 atom stereocenters. The molecule has 6 heteroatoms. The quantitative estimate of drug-likeness (QED) is 0.468. The highest BCUT2D eigenvalue weighted by Gasteiger charge is 2.19. The SMILES string of the molecule is O=C(CNc1ccccc1C(=O)NCC1CCCO1)NC(c1ccccc1)c1ccccc1. The lowest BCUT2D eigenvalue weighted by atomic mass is 9.99. The second kappa shape index (κ2) is 11.3. The molecule has 1 aliphatic heterocycles. The minimum atomic E-state index is -0.258. The smallest absolute Gasteiger partial charge is 0.253 e. The van der Waals surface area contributed by atoms with Crippen molar-refractivity contribution in [2.45, 2.75) is 25.0 Å². The van der Waals surface area contributed by atoms with Gasteiger partial charge < -0.3 is 20.7 Å². The second-order valence-electron chi connectivity index (χ2n) is 8.07. The molecular weight excluding hydrogens is 414 g/mol. The first-order chi connectivity index (χ1) is 16.2. The lowest BCUT2D eigenvalue weighted by Gasteiger charge is -2.20. The highest BCUT2D eigenvalue weighted by atomic mass is 16.5.